The van der Waals surface area contributed by atoms with E-state index in [4.69, 9.17) is 4.74 Å². The number of rotatable bonds is 4. The van der Waals surface area contributed by atoms with Gasteiger partial charge in [0.15, 0.2) is 5.69 Å². The fourth-order valence-electron chi connectivity index (χ4n) is 4.45. The molecule has 0 radical (unpaired) electrons. The molecular formula is C26H22FN5O2. The molecular weight excluding hydrogens is 433 g/mol. The Kier molecular flexibility index (Phi) is 5.46. The van der Waals surface area contributed by atoms with Gasteiger partial charge in [0.05, 0.1) is 24.7 Å². The van der Waals surface area contributed by atoms with Crippen LogP contribution >= 0.6 is 0 Å². The minimum absolute atomic E-state index is 0.140. The zero-order chi connectivity index (χ0) is 23.8. The van der Waals surface area contributed by atoms with Crippen LogP contribution in [0.25, 0.3) is 5.69 Å². The Balaban J connectivity index is 1.53. The smallest absolute Gasteiger partial charge is 0.270 e. The average Bonchev–Trinajstić information content (AvgIpc) is 3.26. The molecule has 1 aliphatic rings. The molecule has 34 heavy (non-hydrogen) atoms. The molecule has 0 fully saturated rings. The number of halogens is 1. The zero-order valence-electron chi connectivity index (χ0n) is 18.8. The maximum atomic E-state index is 14.0. The SMILES string of the molecule is Cc1cn(-c2ccc(Cc3cc(C#N)nn(C4CCOc5ccc(F)cc54)c3=O)cc2C)cn1. The van der Waals surface area contributed by atoms with Gasteiger partial charge >= 0.3 is 0 Å². The van der Waals surface area contributed by atoms with Crippen molar-refractivity contribution in [3.05, 3.63) is 105 Å². The van der Waals surface area contributed by atoms with Crippen molar-refractivity contribution < 1.29 is 9.13 Å². The van der Waals surface area contributed by atoms with Crippen LogP contribution in [0.4, 0.5) is 4.39 Å². The lowest BCUT2D eigenvalue weighted by Crippen LogP contribution is -2.34. The molecule has 8 heteroatoms. The summed E-state index contributed by atoms with van der Waals surface area (Å²) in [5, 5.41) is 13.8. The first-order valence-corrected chi connectivity index (χ1v) is 11.0. The van der Waals surface area contributed by atoms with E-state index in [1.54, 1.807) is 12.4 Å². The molecule has 0 aliphatic carbocycles. The van der Waals surface area contributed by atoms with Crippen molar-refractivity contribution in [2.45, 2.75) is 32.7 Å². The second-order valence-electron chi connectivity index (χ2n) is 8.47. The minimum Gasteiger partial charge on any atom is -0.493 e. The Morgan fingerprint density at radius 1 is 1.21 bits per heavy atom. The van der Waals surface area contributed by atoms with Crippen molar-refractivity contribution in [3.63, 3.8) is 0 Å². The number of imidazole rings is 1. The number of hydrogen-bond donors (Lipinski definition) is 0. The molecule has 1 atom stereocenters. The van der Waals surface area contributed by atoms with Crippen LogP contribution in [0.1, 0.15) is 46.1 Å². The Hall–Kier alpha value is -4.25. The molecule has 4 aromatic rings. The highest BCUT2D eigenvalue weighted by Crippen LogP contribution is 2.34. The zero-order valence-corrected chi connectivity index (χ0v) is 18.8. The van der Waals surface area contributed by atoms with Crippen LogP contribution in [-0.2, 0) is 6.42 Å². The summed E-state index contributed by atoms with van der Waals surface area (Å²) in [6.45, 7) is 4.32. The summed E-state index contributed by atoms with van der Waals surface area (Å²) in [5.41, 5.74) is 4.78. The second-order valence-corrected chi connectivity index (χ2v) is 8.47. The number of nitriles is 1. The van der Waals surface area contributed by atoms with Gasteiger partial charge in [0.2, 0.25) is 0 Å². The van der Waals surface area contributed by atoms with Gasteiger partial charge in [-0.25, -0.2) is 14.1 Å². The summed E-state index contributed by atoms with van der Waals surface area (Å²) in [6, 6.07) is 13.3. The number of fused-ring (bicyclic) bond motifs is 1. The standard InChI is InChI=1S/C26H22FN5O2/c1-16-9-18(3-5-23(16)31-14-17(2)29-15-31)10-19-11-21(13-28)30-32(26(19)33)24-7-8-34-25-6-4-20(27)12-22(24)25/h3-6,9,11-12,14-15,24H,7-8,10H2,1-2H3. The van der Waals surface area contributed by atoms with Gasteiger partial charge in [-0.05, 0) is 55.3 Å². The monoisotopic (exact) mass is 455 g/mol. The third kappa shape index (κ3) is 3.97. The van der Waals surface area contributed by atoms with Crippen LogP contribution < -0.4 is 10.3 Å². The molecule has 3 heterocycles. The lowest BCUT2D eigenvalue weighted by Gasteiger charge is -2.27. The summed E-state index contributed by atoms with van der Waals surface area (Å²) in [5.74, 6) is 0.110. The van der Waals surface area contributed by atoms with Gasteiger partial charge in [0, 0.05) is 35.9 Å². The number of ether oxygens (including phenoxy) is 1. The molecule has 1 aliphatic heterocycles. The molecule has 1 unspecified atom stereocenters. The summed E-state index contributed by atoms with van der Waals surface area (Å²) in [4.78, 5) is 17.7. The second kappa shape index (κ2) is 8.60. The Labute approximate surface area is 195 Å². The van der Waals surface area contributed by atoms with E-state index in [9.17, 15) is 14.4 Å². The van der Waals surface area contributed by atoms with Gasteiger partial charge in [0.1, 0.15) is 17.6 Å². The summed E-state index contributed by atoms with van der Waals surface area (Å²) >= 11 is 0. The first kappa shape index (κ1) is 21.6. The number of aromatic nitrogens is 4. The fraction of sp³-hybridized carbons (Fsp3) is 0.231. The normalized spacial score (nSPS) is 14.8. The maximum Gasteiger partial charge on any atom is 0.270 e. The van der Waals surface area contributed by atoms with Crippen molar-refractivity contribution in [2.75, 3.05) is 6.61 Å². The Morgan fingerprint density at radius 3 is 2.79 bits per heavy atom. The first-order valence-electron chi connectivity index (χ1n) is 11.0. The van der Waals surface area contributed by atoms with E-state index in [0.717, 1.165) is 22.5 Å². The average molecular weight is 455 g/mol. The van der Waals surface area contributed by atoms with Crippen LogP contribution in [-0.4, -0.2) is 25.9 Å². The molecule has 7 nitrogen and oxygen atoms in total. The van der Waals surface area contributed by atoms with Crippen LogP contribution in [0.2, 0.25) is 0 Å². The number of benzene rings is 2. The highest BCUT2D eigenvalue weighted by atomic mass is 19.1. The molecule has 0 spiro atoms. The molecule has 0 N–H and O–H groups in total. The minimum atomic E-state index is -0.507. The van der Waals surface area contributed by atoms with Crippen molar-refractivity contribution >= 4 is 0 Å². The largest absolute Gasteiger partial charge is 0.493 e. The van der Waals surface area contributed by atoms with Gasteiger partial charge in [-0.3, -0.25) is 4.79 Å². The predicted molar refractivity (Wildman–Crippen MR) is 124 cm³/mol. The number of nitrogens with zero attached hydrogens (tertiary/aromatic N) is 5. The number of aryl methyl sites for hydroxylation is 2. The van der Waals surface area contributed by atoms with Gasteiger partial charge < -0.3 is 9.30 Å². The lowest BCUT2D eigenvalue weighted by molar-refractivity contribution is 0.246. The van der Waals surface area contributed by atoms with Crippen LogP contribution in [0.15, 0.2) is 59.8 Å². The highest BCUT2D eigenvalue weighted by molar-refractivity contribution is 5.44. The van der Waals surface area contributed by atoms with E-state index in [1.165, 1.54) is 22.9 Å². The number of hydrogen-bond acceptors (Lipinski definition) is 5. The highest BCUT2D eigenvalue weighted by Gasteiger charge is 2.26. The van der Waals surface area contributed by atoms with E-state index in [1.807, 2.05) is 42.8 Å². The summed E-state index contributed by atoms with van der Waals surface area (Å²) in [6.07, 6.45) is 4.53. The maximum absolute atomic E-state index is 14.0. The fourth-order valence-corrected chi connectivity index (χ4v) is 4.45. The van der Waals surface area contributed by atoms with Gasteiger partial charge in [0.25, 0.3) is 5.56 Å². The third-order valence-corrected chi connectivity index (χ3v) is 6.04. The first-order chi connectivity index (χ1) is 16.4. The molecule has 0 bridgehead atoms. The van der Waals surface area contributed by atoms with Gasteiger partial charge in [-0.15, -0.1) is 0 Å². The molecule has 0 saturated carbocycles. The molecule has 170 valence electrons. The van der Waals surface area contributed by atoms with Crippen molar-refractivity contribution in [2.24, 2.45) is 0 Å². The lowest BCUT2D eigenvalue weighted by atomic mass is 9.99. The quantitative estimate of drug-likeness (QED) is 0.464. The summed E-state index contributed by atoms with van der Waals surface area (Å²) in [7, 11) is 0. The van der Waals surface area contributed by atoms with E-state index in [0.29, 0.717) is 36.3 Å². The topological polar surface area (TPSA) is 85.7 Å². The molecule has 5 rings (SSSR count). The Bertz CT molecular complexity index is 1500. The van der Waals surface area contributed by atoms with Crippen molar-refractivity contribution in [1.29, 1.82) is 5.26 Å². The van der Waals surface area contributed by atoms with Crippen LogP contribution in [0, 0.1) is 31.0 Å². The van der Waals surface area contributed by atoms with Crippen LogP contribution in [0.3, 0.4) is 0 Å². The molecule has 2 aromatic carbocycles. The Morgan fingerprint density at radius 2 is 2.06 bits per heavy atom. The molecule has 2 aromatic heterocycles. The van der Waals surface area contributed by atoms with E-state index in [-0.39, 0.29) is 11.3 Å². The van der Waals surface area contributed by atoms with E-state index in [2.05, 4.69) is 16.2 Å². The van der Waals surface area contributed by atoms with Crippen molar-refractivity contribution in [3.8, 4) is 17.5 Å². The van der Waals surface area contributed by atoms with E-state index < -0.39 is 11.9 Å². The van der Waals surface area contributed by atoms with Gasteiger partial charge in [-0.1, -0.05) is 12.1 Å². The van der Waals surface area contributed by atoms with Crippen LogP contribution in [0.5, 0.6) is 5.75 Å². The molecule has 0 saturated heterocycles. The van der Waals surface area contributed by atoms with Crippen molar-refractivity contribution in [1.82, 2.24) is 19.3 Å². The predicted octanol–water partition coefficient (Wildman–Crippen LogP) is 4.02. The third-order valence-electron chi connectivity index (χ3n) is 6.04. The van der Waals surface area contributed by atoms with E-state index >= 15 is 0 Å². The molecule has 0 amide bonds. The summed E-state index contributed by atoms with van der Waals surface area (Å²) < 4.78 is 22.9. The van der Waals surface area contributed by atoms with Gasteiger partial charge in [-0.2, -0.15) is 10.4 Å².